The number of nitro groups is 1. The summed E-state index contributed by atoms with van der Waals surface area (Å²) < 4.78 is 0. The van der Waals surface area contributed by atoms with Crippen LogP contribution in [0.2, 0.25) is 0 Å². The maximum absolute atomic E-state index is 13.3. The fourth-order valence-electron chi connectivity index (χ4n) is 3.02. The number of hydrogen-bond acceptors (Lipinski definition) is 5. The Balaban J connectivity index is 1.88. The minimum absolute atomic E-state index is 0.0127. The first-order valence-electron chi connectivity index (χ1n) is 8.77. The number of allylic oxidation sites excluding steroid dienone is 1. The number of rotatable bonds is 5. The van der Waals surface area contributed by atoms with Gasteiger partial charge in [-0.2, -0.15) is 0 Å². The standard InChI is InChI=1S/C22H15N3O4/c26-20(14-6-2-1-3-7-14)19(22-23-17-8-4-5-9-18(17)24-22)21(27)15-10-12-16(13-11-15)25(28)29/h1-13,26H,(H,23,24)/b20-19-. The van der Waals surface area contributed by atoms with Crippen molar-refractivity contribution in [3.8, 4) is 0 Å². The Kier molecular flexibility index (Phi) is 4.62. The van der Waals surface area contributed by atoms with Gasteiger partial charge in [0.15, 0.2) is 0 Å². The van der Waals surface area contributed by atoms with E-state index in [4.69, 9.17) is 0 Å². The van der Waals surface area contributed by atoms with Gasteiger partial charge in [-0.25, -0.2) is 4.98 Å². The lowest BCUT2D eigenvalue weighted by molar-refractivity contribution is -0.384. The van der Waals surface area contributed by atoms with Crippen LogP contribution in [-0.4, -0.2) is 25.8 Å². The molecule has 1 heterocycles. The first kappa shape index (κ1) is 18.1. The minimum Gasteiger partial charge on any atom is -0.506 e. The van der Waals surface area contributed by atoms with Crippen molar-refractivity contribution in [2.75, 3.05) is 0 Å². The zero-order chi connectivity index (χ0) is 20.4. The lowest BCUT2D eigenvalue weighted by atomic mass is 9.98. The van der Waals surface area contributed by atoms with E-state index in [1.807, 2.05) is 18.2 Å². The third-order valence-electron chi connectivity index (χ3n) is 4.48. The number of aromatic nitrogens is 2. The average Bonchev–Trinajstić information content (AvgIpc) is 3.18. The number of nitrogens with one attached hydrogen (secondary N) is 1. The van der Waals surface area contributed by atoms with E-state index in [1.165, 1.54) is 24.3 Å². The number of Topliss-reactive ketones (excluding diaryl/α,β-unsaturated/α-hetero) is 1. The van der Waals surface area contributed by atoms with E-state index in [-0.39, 0.29) is 28.4 Å². The SMILES string of the molecule is O=C(/C(=C(/O)c1ccccc1)c1nc2ccccc2[nH]1)c1ccc([N+](=O)[O-])cc1. The van der Waals surface area contributed by atoms with Gasteiger partial charge in [-0.05, 0) is 24.3 Å². The zero-order valence-electron chi connectivity index (χ0n) is 15.1. The molecule has 29 heavy (non-hydrogen) atoms. The molecule has 7 nitrogen and oxygen atoms in total. The van der Waals surface area contributed by atoms with E-state index in [1.54, 1.807) is 36.4 Å². The highest BCUT2D eigenvalue weighted by Crippen LogP contribution is 2.28. The number of nitro benzene ring substituents is 1. The molecule has 0 aliphatic carbocycles. The van der Waals surface area contributed by atoms with E-state index >= 15 is 0 Å². The molecule has 0 aliphatic rings. The molecular formula is C22H15N3O4. The molecule has 0 spiro atoms. The van der Waals surface area contributed by atoms with Gasteiger partial charge >= 0.3 is 0 Å². The van der Waals surface area contributed by atoms with Crippen molar-refractivity contribution >= 4 is 33.8 Å². The number of fused-ring (bicyclic) bond motifs is 1. The van der Waals surface area contributed by atoms with Crippen LogP contribution in [-0.2, 0) is 0 Å². The summed E-state index contributed by atoms with van der Waals surface area (Å²) in [6.45, 7) is 0. The van der Waals surface area contributed by atoms with Gasteiger partial charge in [-0.3, -0.25) is 14.9 Å². The normalized spacial score (nSPS) is 11.9. The van der Waals surface area contributed by atoms with Crippen LogP contribution in [0, 0.1) is 10.1 Å². The predicted octanol–water partition coefficient (Wildman–Crippen LogP) is 4.78. The molecule has 1 aromatic heterocycles. The van der Waals surface area contributed by atoms with E-state index in [9.17, 15) is 20.0 Å². The van der Waals surface area contributed by atoms with E-state index < -0.39 is 10.7 Å². The Hall–Kier alpha value is -4.26. The zero-order valence-corrected chi connectivity index (χ0v) is 15.1. The van der Waals surface area contributed by atoms with Crippen LogP contribution in [0.25, 0.3) is 22.4 Å². The Morgan fingerprint density at radius 1 is 0.897 bits per heavy atom. The fourth-order valence-corrected chi connectivity index (χ4v) is 3.02. The molecule has 0 unspecified atom stereocenters. The summed E-state index contributed by atoms with van der Waals surface area (Å²) >= 11 is 0. The first-order valence-corrected chi connectivity index (χ1v) is 8.77. The highest BCUT2D eigenvalue weighted by Gasteiger charge is 2.24. The smallest absolute Gasteiger partial charge is 0.269 e. The molecule has 142 valence electrons. The van der Waals surface area contributed by atoms with Crippen molar-refractivity contribution in [3.05, 3.63) is 106 Å². The highest BCUT2D eigenvalue weighted by atomic mass is 16.6. The maximum atomic E-state index is 13.3. The van der Waals surface area contributed by atoms with Crippen molar-refractivity contribution in [1.82, 2.24) is 9.97 Å². The Bertz CT molecular complexity index is 1210. The number of nitrogens with zero attached hydrogens (tertiary/aromatic N) is 2. The number of hydrogen-bond donors (Lipinski definition) is 2. The van der Waals surface area contributed by atoms with E-state index in [0.717, 1.165) is 5.52 Å². The van der Waals surface area contributed by atoms with E-state index in [2.05, 4.69) is 9.97 Å². The molecule has 4 aromatic rings. The van der Waals surface area contributed by atoms with Crippen LogP contribution in [0.15, 0.2) is 78.9 Å². The van der Waals surface area contributed by atoms with Crippen LogP contribution in [0.5, 0.6) is 0 Å². The summed E-state index contributed by atoms with van der Waals surface area (Å²) in [6.07, 6.45) is 0. The molecule has 3 aromatic carbocycles. The molecule has 4 rings (SSSR count). The number of aliphatic hydroxyl groups is 1. The van der Waals surface area contributed by atoms with Gasteiger partial charge in [-0.1, -0.05) is 42.5 Å². The molecule has 7 heteroatoms. The third-order valence-corrected chi connectivity index (χ3v) is 4.48. The maximum Gasteiger partial charge on any atom is 0.269 e. The number of carbonyl (C=O) groups is 1. The average molecular weight is 385 g/mol. The molecule has 0 fully saturated rings. The summed E-state index contributed by atoms with van der Waals surface area (Å²) in [6, 6.07) is 21.2. The lowest BCUT2D eigenvalue weighted by Gasteiger charge is -2.09. The van der Waals surface area contributed by atoms with Gasteiger partial charge in [0, 0.05) is 23.3 Å². The topological polar surface area (TPSA) is 109 Å². The van der Waals surface area contributed by atoms with Crippen molar-refractivity contribution in [2.45, 2.75) is 0 Å². The molecule has 0 saturated heterocycles. The summed E-state index contributed by atoms with van der Waals surface area (Å²) in [7, 11) is 0. The van der Waals surface area contributed by atoms with Crippen molar-refractivity contribution in [3.63, 3.8) is 0 Å². The number of ketones is 1. The monoisotopic (exact) mass is 385 g/mol. The van der Waals surface area contributed by atoms with Gasteiger partial charge in [0.1, 0.15) is 17.2 Å². The number of H-pyrrole nitrogens is 1. The van der Waals surface area contributed by atoms with Crippen LogP contribution in [0.1, 0.15) is 21.7 Å². The number of imidazole rings is 1. The van der Waals surface area contributed by atoms with Crippen LogP contribution in [0.4, 0.5) is 5.69 Å². The molecule has 0 bridgehead atoms. The molecule has 0 atom stereocenters. The number of benzene rings is 3. The second-order valence-electron chi connectivity index (χ2n) is 6.33. The first-order chi connectivity index (χ1) is 14.0. The Morgan fingerprint density at radius 2 is 1.55 bits per heavy atom. The molecular weight excluding hydrogens is 370 g/mol. The van der Waals surface area contributed by atoms with Gasteiger partial charge in [-0.15, -0.1) is 0 Å². The number of aromatic amines is 1. The minimum atomic E-state index is -0.536. The van der Waals surface area contributed by atoms with Crippen molar-refractivity contribution in [2.24, 2.45) is 0 Å². The fraction of sp³-hybridized carbons (Fsp3) is 0. The van der Waals surface area contributed by atoms with Crippen molar-refractivity contribution < 1.29 is 14.8 Å². The highest BCUT2D eigenvalue weighted by molar-refractivity contribution is 6.33. The second kappa shape index (κ2) is 7.40. The summed E-state index contributed by atoms with van der Waals surface area (Å²) in [5, 5.41) is 21.8. The largest absolute Gasteiger partial charge is 0.506 e. The molecule has 2 N–H and O–H groups in total. The molecule has 0 amide bonds. The molecule has 0 aliphatic heterocycles. The summed E-state index contributed by atoms with van der Waals surface area (Å²) in [4.78, 5) is 31.1. The summed E-state index contributed by atoms with van der Waals surface area (Å²) in [5.41, 5.74) is 1.89. The van der Waals surface area contributed by atoms with Crippen LogP contribution in [0.3, 0.4) is 0 Å². The number of para-hydroxylation sites is 2. The number of aliphatic hydroxyl groups excluding tert-OH is 1. The van der Waals surface area contributed by atoms with Crippen LogP contribution >= 0.6 is 0 Å². The van der Waals surface area contributed by atoms with E-state index in [0.29, 0.717) is 11.1 Å². The van der Waals surface area contributed by atoms with Crippen molar-refractivity contribution in [1.29, 1.82) is 0 Å². The Morgan fingerprint density at radius 3 is 2.21 bits per heavy atom. The summed E-state index contributed by atoms with van der Waals surface area (Å²) in [5.74, 6) is -0.510. The molecule has 0 saturated carbocycles. The third kappa shape index (κ3) is 3.49. The quantitative estimate of drug-likeness (QED) is 0.169. The lowest BCUT2D eigenvalue weighted by Crippen LogP contribution is -2.07. The molecule has 0 radical (unpaired) electrons. The number of carbonyl (C=O) groups excluding carboxylic acids is 1. The van der Waals surface area contributed by atoms with Gasteiger partial charge in [0.05, 0.1) is 16.0 Å². The Labute approximate surface area is 165 Å². The number of non-ortho nitro benzene ring substituents is 1. The van der Waals surface area contributed by atoms with Gasteiger partial charge in [0.2, 0.25) is 5.78 Å². The predicted molar refractivity (Wildman–Crippen MR) is 109 cm³/mol. The van der Waals surface area contributed by atoms with Gasteiger partial charge < -0.3 is 10.1 Å². The second-order valence-corrected chi connectivity index (χ2v) is 6.33. The van der Waals surface area contributed by atoms with Gasteiger partial charge in [0.25, 0.3) is 5.69 Å². The van der Waals surface area contributed by atoms with Crippen LogP contribution < -0.4 is 0 Å².